The van der Waals surface area contributed by atoms with Crippen LogP contribution in [0.25, 0.3) is 0 Å². The molecule has 0 saturated heterocycles. The van der Waals surface area contributed by atoms with Crippen LogP contribution in [0.4, 0.5) is 5.69 Å². The van der Waals surface area contributed by atoms with E-state index in [0.717, 1.165) is 18.0 Å². The summed E-state index contributed by atoms with van der Waals surface area (Å²) >= 11 is 0. The van der Waals surface area contributed by atoms with E-state index in [1.165, 1.54) is 12.0 Å². The van der Waals surface area contributed by atoms with E-state index in [4.69, 9.17) is 5.11 Å². The number of benzene rings is 1. The largest absolute Gasteiger partial charge is 0.396 e. The summed E-state index contributed by atoms with van der Waals surface area (Å²) in [6.07, 6.45) is 1.92. The summed E-state index contributed by atoms with van der Waals surface area (Å²) in [5, 5.41) is 12.3. The lowest BCUT2D eigenvalue weighted by Crippen LogP contribution is -2.17. The summed E-state index contributed by atoms with van der Waals surface area (Å²) in [5.41, 5.74) is 2.35. The number of hydrogen-bond donors (Lipinski definition) is 2. The normalized spacial score (nSPS) is 12.8. The van der Waals surface area contributed by atoms with Gasteiger partial charge >= 0.3 is 0 Å². The van der Waals surface area contributed by atoms with E-state index in [2.05, 4.69) is 50.4 Å². The van der Waals surface area contributed by atoms with Crippen molar-refractivity contribution < 1.29 is 5.11 Å². The SMILES string of the molecule is CC(C)CC(C)Nc1ccc(CCO)cc1. The molecule has 0 aliphatic heterocycles. The first-order valence-corrected chi connectivity index (χ1v) is 6.08. The Bertz CT molecular complexity index is 292. The van der Waals surface area contributed by atoms with Crippen molar-refractivity contribution in [1.82, 2.24) is 0 Å². The smallest absolute Gasteiger partial charge is 0.0471 e. The van der Waals surface area contributed by atoms with Gasteiger partial charge in [0.1, 0.15) is 0 Å². The van der Waals surface area contributed by atoms with E-state index in [1.807, 2.05) is 0 Å². The maximum absolute atomic E-state index is 8.82. The third-order valence-corrected chi connectivity index (χ3v) is 2.59. The quantitative estimate of drug-likeness (QED) is 0.773. The monoisotopic (exact) mass is 221 g/mol. The highest BCUT2D eigenvalue weighted by molar-refractivity contribution is 5.45. The number of aliphatic hydroxyl groups is 1. The van der Waals surface area contributed by atoms with Gasteiger partial charge in [-0.05, 0) is 43.4 Å². The molecule has 0 bridgehead atoms. The Labute approximate surface area is 98.7 Å². The minimum absolute atomic E-state index is 0.219. The third kappa shape index (κ3) is 4.67. The molecule has 0 aliphatic carbocycles. The highest BCUT2D eigenvalue weighted by Gasteiger charge is 2.04. The predicted molar refractivity (Wildman–Crippen MR) is 69.8 cm³/mol. The number of aliphatic hydroxyl groups excluding tert-OH is 1. The Morgan fingerprint density at radius 2 is 1.75 bits per heavy atom. The zero-order valence-corrected chi connectivity index (χ0v) is 10.5. The number of hydrogen-bond acceptors (Lipinski definition) is 2. The molecule has 90 valence electrons. The average Bonchev–Trinajstić information content (AvgIpc) is 2.20. The molecule has 1 aromatic carbocycles. The molecule has 1 unspecified atom stereocenters. The summed E-state index contributed by atoms with van der Waals surface area (Å²) in [7, 11) is 0. The Morgan fingerprint density at radius 3 is 2.25 bits per heavy atom. The van der Waals surface area contributed by atoms with E-state index < -0.39 is 0 Å². The van der Waals surface area contributed by atoms with Crippen molar-refractivity contribution in [3.05, 3.63) is 29.8 Å². The lowest BCUT2D eigenvalue weighted by atomic mass is 10.0. The third-order valence-electron chi connectivity index (χ3n) is 2.59. The molecule has 2 N–H and O–H groups in total. The van der Waals surface area contributed by atoms with E-state index in [0.29, 0.717) is 6.04 Å². The van der Waals surface area contributed by atoms with Crippen LogP contribution in [-0.2, 0) is 6.42 Å². The van der Waals surface area contributed by atoms with Gasteiger partial charge in [-0.2, -0.15) is 0 Å². The van der Waals surface area contributed by atoms with E-state index in [-0.39, 0.29) is 6.61 Å². The summed E-state index contributed by atoms with van der Waals surface area (Å²) in [6.45, 7) is 6.91. The fraction of sp³-hybridized carbons (Fsp3) is 0.571. The molecule has 0 heterocycles. The van der Waals surface area contributed by atoms with Crippen molar-refractivity contribution in [1.29, 1.82) is 0 Å². The Balaban J connectivity index is 2.48. The van der Waals surface area contributed by atoms with Crippen LogP contribution in [0.5, 0.6) is 0 Å². The van der Waals surface area contributed by atoms with Gasteiger partial charge in [0.25, 0.3) is 0 Å². The van der Waals surface area contributed by atoms with Crippen LogP contribution in [0.1, 0.15) is 32.8 Å². The van der Waals surface area contributed by atoms with Crippen molar-refractivity contribution in [3.63, 3.8) is 0 Å². The van der Waals surface area contributed by atoms with Gasteiger partial charge in [0.05, 0.1) is 0 Å². The second-order valence-corrected chi connectivity index (χ2v) is 4.85. The van der Waals surface area contributed by atoms with Gasteiger partial charge in [0.2, 0.25) is 0 Å². The summed E-state index contributed by atoms with van der Waals surface area (Å²) in [6, 6.07) is 8.81. The van der Waals surface area contributed by atoms with E-state index in [9.17, 15) is 0 Å². The molecule has 1 atom stereocenters. The Kier molecular flexibility index (Phi) is 5.33. The molecule has 2 nitrogen and oxygen atoms in total. The molecule has 0 aliphatic rings. The minimum Gasteiger partial charge on any atom is -0.396 e. The van der Waals surface area contributed by atoms with Crippen LogP contribution < -0.4 is 5.32 Å². The van der Waals surface area contributed by atoms with Gasteiger partial charge in [-0.25, -0.2) is 0 Å². The first-order chi connectivity index (χ1) is 7.61. The standard InChI is InChI=1S/C14H23NO/c1-11(2)10-12(3)15-14-6-4-13(5-7-14)8-9-16/h4-7,11-12,15-16H,8-10H2,1-3H3. The second kappa shape index (κ2) is 6.54. The summed E-state index contributed by atoms with van der Waals surface area (Å²) in [5.74, 6) is 0.719. The fourth-order valence-corrected chi connectivity index (χ4v) is 1.95. The fourth-order valence-electron chi connectivity index (χ4n) is 1.95. The number of rotatable bonds is 6. The molecule has 0 fully saturated rings. The maximum Gasteiger partial charge on any atom is 0.0471 e. The Hall–Kier alpha value is -1.02. The lowest BCUT2D eigenvalue weighted by molar-refractivity contribution is 0.299. The van der Waals surface area contributed by atoms with E-state index >= 15 is 0 Å². The maximum atomic E-state index is 8.82. The van der Waals surface area contributed by atoms with Crippen LogP contribution in [0.3, 0.4) is 0 Å². The molecule has 1 aromatic rings. The van der Waals surface area contributed by atoms with Crippen molar-refractivity contribution in [3.8, 4) is 0 Å². The van der Waals surface area contributed by atoms with Gasteiger partial charge < -0.3 is 10.4 Å². The number of nitrogens with one attached hydrogen (secondary N) is 1. The zero-order chi connectivity index (χ0) is 12.0. The molecule has 0 radical (unpaired) electrons. The summed E-state index contributed by atoms with van der Waals surface area (Å²) < 4.78 is 0. The molecule has 0 saturated carbocycles. The van der Waals surface area contributed by atoms with Gasteiger partial charge in [-0.1, -0.05) is 26.0 Å². The van der Waals surface area contributed by atoms with Crippen molar-refractivity contribution in [2.45, 2.75) is 39.7 Å². The van der Waals surface area contributed by atoms with Crippen LogP contribution in [-0.4, -0.2) is 17.8 Å². The predicted octanol–water partition coefficient (Wildman–Crippen LogP) is 3.07. The van der Waals surface area contributed by atoms with Crippen LogP contribution in [0.15, 0.2) is 24.3 Å². The lowest BCUT2D eigenvalue weighted by Gasteiger charge is -2.17. The van der Waals surface area contributed by atoms with Crippen LogP contribution in [0, 0.1) is 5.92 Å². The molecule has 0 amide bonds. The first kappa shape index (κ1) is 13.0. The minimum atomic E-state index is 0.219. The Morgan fingerprint density at radius 1 is 1.12 bits per heavy atom. The molecule has 0 spiro atoms. The molecule has 0 aromatic heterocycles. The molecular weight excluding hydrogens is 198 g/mol. The first-order valence-electron chi connectivity index (χ1n) is 6.08. The molecule has 16 heavy (non-hydrogen) atoms. The molecular formula is C14H23NO. The zero-order valence-electron chi connectivity index (χ0n) is 10.5. The molecule has 2 heteroatoms. The van der Waals surface area contributed by atoms with Gasteiger partial charge in [-0.3, -0.25) is 0 Å². The second-order valence-electron chi connectivity index (χ2n) is 4.85. The average molecular weight is 221 g/mol. The highest BCUT2D eigenvalue weighted by atomic mass is 16.2. The van der Waals surface area contributed by atoms with E-state index in [1.54, 1.807) is 0 Å². The van der Waals surface area contributed by atoms with Gasteiger partial charge in [0, 0.05) is 18.3 Å². The van der Waals surface area contributed by atoms with Gasteiger partial charge in [-0.15, -0.1) is 0 Å². The van der Waals surface area contributed by atoms with Crippen molar-refractivity contribution >= 4 is 5.69 Å². The number of anilines is 1. The summed E-state index contributed by atoms with van der Waals surface area (Å²) in [4.78, 5) is 0. The van der Waals surface area contributed by atoms with Crippen LogP contribution in [0.2, 0.25) is 0 Å². The molecule has 1 rings (SSSR count). The van der Waals surface area contributed by atoms with Crippen LogP contribution >= 0.6 is 0 Å². The van der Waals surface area contributed by atoms with Crippen molar-refractivity contribution in [2.75, 3.05) is 11.9 Å². The topological polar surface area (TPSA) is 32.3 Å². The van der Waals surface area contributed by atoms with Gasteiger partial charge in [0.15, 0.2) is 0 Å². The highest BCUT2D eigenvalue weighted by Crippen LogP contribution is 2.14. The van der Waals surface area contributed by atoms with Crippen molar-refractivity contribution in [2.24, 2.45) is 5.92 Å².